The Balaban J connectivity index is 2.11. The molecule has 2 aromatic rings. The fourth-order valence-electron chi connectivity index (χ4n) is 2.13. The van der Waals surface area contributed by atoms with Crippen LogP contribution in [0.3, 0.4) is 0 Å². The molecule has 2 rings (SSSR count). The fraction of sp³-hybridized carbons (Fsp3) is 0.250. The van der Waals surface area contributed by atoms with Crippen molar-refractivity contribution in [2.75, 3.05) is 0 Å². The van der Waals surface area contributed by atoms with Gasteiger partial charge in [0.2, 0.25) is 0 Å². The number of benzene rings is 2. The van der Waals surface area contributed by atoms with E-state index in [0.29, 0.717) is 11.8 Å². The van der Waals surface area contributed by atoms with E-state index in [1.165, 1.54) is 22.3 Å². The van der Waals surface area contributed by atoms with Crippen molar-refractivity contribution in [3.63, 3.8) is 0 Å². The van der Waals surface area contributed by atoms with E-state index in [4.69, 9.17) is 23.2 Å². The van der Waals surface area contributed by atoms with Crippen LogP contribution in [0.4, 0.5) is 0 Å². The molecule has 0 aliphatic rings. The average molecular weight is 279 g/mol. The zero-order chi connectivity index (χ0) is 12.8. The van der Waals surface area contributed by atoms with Crippen LogP contribution in [0.15, 0.2) is 48.5 Å². The van der Waals surface area contributed by atoms with Crippen molar-refractivity contribution in [1.82, 2.24) is 0 Å². The fourth-order valence-corrected chi connectivity index (χ4v) is 2.65. The van der Waals surface area contributed by atoms with Crippen molar-refractivity contribution in [2.45, 2.75) is 24.6 Å². The molecule has 0 spiro atoms. The van der Waals surface area contributed by atoms with E-state index < -0.39 is 0 Å². The first-order chi connectivity index (χ1) is 8.85. The summed E-state index contributed by atoms with van der Waals surface area (Å²) in [4.78, 5) is 0. The summed E-state index contributed by atoms with van der Waals surface area (Å²) in [5.74, 6) is 1.15. The summed E-state index contributed by atoms with van der Waals surface area (Å²) in [6, 6.07) is 16.7. The van der Waals surface area contributed by atoms with E-state index in [0.717, 1.165) is 12.8 Å². The standard InChI is InChI=1S/C16H16Cl2/c17-11-15-7-3-1-5-13(15)9-10-14-6-2-4-8-16(14)12-18/h1-8H,9-12H2. The molecule has 0 radical (unpaired) electrons. The van der Waals surface area contributed by atoms with Crippen molar-refractivity contribution < 1.29 is 0 Å². The predicted octanol–water partition coefficient (Wildman–Crippen LogP) is 4.95. The number of aryl methyl sites for hydroxylation is 2. The molecule has 0 heterocycles. The SMILES string of the molecule is ClCc1ccccc1CCc1ccccc1CCl. The van der Waals surface area contributed by atoms with Crippen LogP contribution < -0.4 is 0 Å². The molecule has 0 saturated carbocycles. The number of hydrogen-bond donors (Lipinski definition) is 0. The zero-order valence-electron chi connectivity index (χ0n) is 10.2. The van der Waals surface area contributed by atoms with Crippen molar-refractivity contribution in [3.05, 3.63) is 70.8 Å². The first-order valence-corrected chi connectivity index (χ1v) is 7.17. The van der Waals surface area contributed by atoms with Gasteiger partial charge in [-0.3, -0.25) is 0 Å². The van der Waals surface area contributed by atoms with Crippen molar-refractivity contribution >= 4 is 23.2 Å². The molecule has 0 amide bonds. The van der Waals surface area contributed by atoms with Crippen molar-refractivity contribution in [2.24, 2.45) is 0 Å². The third-order valence-corrected chi connectivity index (χ3v) is 3.76. The lowest BCUT2D eigenvalue weighted by molar-refractivity contribution is 0.934. The maximum Gasteiger partial charge on any atom is 0.0476 e. The number of rotatable bonds is 5. The largest absolute Gasteiger partial charge is 0.122 e. The van der Waals surface area contributed by atoms with Crippen LogP contribution >= 0.6 is 23.2 Å². The van der Waals surface area contributed by atoms with Gasteiger partial charge in [0.25, 0.3) is 0 Å². The first-order valence-electron chi connectivity index (χ1n) is 6.10. The zero-order valence-corrected chi connectivity index (χ0v) is 11.7. The van der Waals surface area contributed by atoms with Gasteiger partial charge >= 0.3 is 0 Å². The monoisotopic (exact) mass is 278 g/mol. The molecule has 0 bridgehead atoms. The van der Waals surface area contributed by atoms with E-state index >= 15 is 0 Å². The van der Waals surface area contributed by atoms with Gasteiger partial charge < -0.3 is 0 Å². The van der Waals surface area contributed by atoms with Crippen LogP contribution in [0.2, 0.25) is 0 Å². The summed E-state index contributed by atoms with van der Waals surface area (Å²) in [6.45, 7) is 0. The maximum absolute atomic E-state index is 5.95. The highest BCUT2D eigenvalue weighted by Gasteiger charge is 2.04. The lowest BCUT2D eigenvalue weighted by Gasteiger charge is -2.09. The van der Waals surface area contributed by atoms with Crippen LogP contribution in [0.1, 0.15) is 22.3 Å². The number of hydrogen-bond acceptors (Lipinski definition) is 0. The predicted molar refractivity (Wildman–Crippen MR) is 79.4 cm³/mol. The van der Waals surface area contributed by atoms with Crippen LogP contribution in [0.5, 0.6) is 0 Å². The molecular weight excluding hydrogens is 263 g/mol. The molecule has 18 heavy (non-hydrogen) atoms. The molecule has 0 aliphatic heterocycles. The van der Waals surface area contributed by atoms with Gasteiger partial charge in [0, 0.05) is 11.8 Å². The Morgan fingerprint density at radius 3 is 1.22 bits per heavy atom. The Bertz CT molecular complexity index is 458. The summed E-state index contributed by atoms with van der Waals surface area (Å²) < 4.78 is 0. The average Bonchev–Trinajstić information content (AvgIpc) is 2.45. The summed E-state index contributed by atoms with van der Waals surface area (Å²) in [7, 11) is 0. The minimum Gasteiger partial charge on any atom is -0.122 e. The highest BCUT2D eigenvalue weighted by molar-refractivity contribution is 6.17. The molecule has 2 aromatic carbocycles. The Morgan fingerprint density at radius 1 is 0.556 bits per heavy atom. The van der Waals surface area contributed by atoms with Gasteiger partial charge in [0.15, 0.2) is 0 Å². The minimum atomic E-state index is 0.577. The summed E-state index contributed by atoms with van der Waals surface area (Å²) in [5, 5.41) is 0. The lowest BCUT2D eigenvalue weighted by Crippen LogP contribution is -1.98. The van der Waals surface area contributed by atoms with Gasteiger partial charge in [-0.1, -0.05) is 48.5 Å². The van der Waals surface area contributed by atoms with E-state index in [9.17, 15) is 0 Å². The van der Waals surface area contributed by atoms with E-state index in [1.807, 2.05) is 12.1 Å². The highest BCUT2D eigenvalue weighted by atomic mass is 35.5. The topological polar surface area (TPSA) is 0 Å². The van der Waals surface area contributed by atoms with Crippen LogP contribution in [0.25, 0.3) is 0 Å². The van der Waals surface area contributed by atoms with Gasteiger partial charge in [-0.25, -0.2) is 0 Å². The summed E-state index contributed by atoms with van der Waals surface area (Å²) in [6.07, 6.45) is 2.02. The maximum atomic E-state index is 5.95. The van der Waals surface area contributed by atoms with Gasteiger partial charge in [0.1, 0.15) is 0 Å². The highest BCUT2D eigenvalue weighted by Crippen LogP contribution is 2.17. The second-order valence-corrected chi connectivity index (χ2v) is 4.84. The molecule has 2 heteroatoms. The van der Waals surface area contributed by atoms with Crippen LogP contribution in [0, 0.1) is 0 Å². The Kier molecular flexibility index (Phi) is 5.10. The minimum absolute atomic E-state index is 0.577. The van der Waals surface area contributed by atoms with E-state index in [1.54, 1.807) is 0 Å². The normalized spacial score (nSPS) is 10.6. The quantitative estimate of drug-likeness (QED) is 0.679. The van der Waals surface area contributed by atoms with E-state index in [2.05, 4.69) is 36.4 Å². The Labute approximate surface area is 119 Å². The third kappa shape index (κ3) is 3.28. The molecule has 0 aliphatic carbocycles. The smallest absolute Gasteiger partial charge is 0.0476 e. The second-order valence-electron chi connectivity index (χ2n) is 4.30. The van der Waals surface area contributed by atoms with Gasteiger partial charge in [-0.05, 0) is 35.1 Å². The molecule has 0 saturated heterocycles. The number of alkyl halides is 2. The summed E-state index contributed by atoms with van der Waals surface area (Å²) >= 11 is 11.9. The van der Waals surface area contributed by atoms with Gasteiger partial charge in [-0.15, -0.1) is 23.2 Å². The second kappa shape index (κ2) is 6.82. The molecule has 94 valence electrons. The van der Waals surface area contributed by atoms with Crippen molar-refractivity contribution in [3.8, 4) is 0 Å². The lowest BCUT2D eigenvalue weighted by atomic mass is 9.98. The van der Waals surface area contributed by atoms with Gasteiger partial charge in [-0.2, -0.15) is 0 Å². The molecule has 0 unspecified atom stereocenters. The van der Waals surface area contributed by atoms with Crippen molar-refractivity contribution in [1.29, 1.82) is 0 Å². The van der Waals surface area contributed by atoms with Crippen LogP contribution in [-0.2, 0) is 24.6 Å². The molecule has 0 nitrogen and oxygen atoms in total. The Hall–Kier alpha value is -0.980. The van der Waals surface area contributed by atoms with Crippen LogP contribution in [-0.4, -0.2) is 0 Å². The number of halogens is 2. The third-order valence-electron chi connectivity index (χ3n) is 3.19. The molecular formula is C16H16Cl2. The molecule has 0 N–H and O–H groups in total. The van der Waals surface area contributed by atoms with E-state index in [-0.39, 0.29) is 0 Å². The van der Waals surface area contributed by atoms with Gasteiger partial charge in [0.05, 0.1) is 0 Å². The Morgan fingerprint density at radius 2 is 0.889 bits per heavy atom. The summed E-state index contributed by atoms with van der Waals surface area (Å²) in [5.41, 5.74) is 5.11. The molecule has 0 aromatic heterocycles. The molecule has 0 atom stereocenters. The first kappa shape index (κ1) is 13.5. The molecule has 0 fully saturated rings.